The molecule has 28 heavy (non-hydrogen) atoms. The molecule has 1 aliphatic carbocycles. The minimum absolute atomic E-state index is 0.324. The Labute approximate surface area is 166 Å². The number of aliphatic imine (C=N–C) groups is 1. The summed E-state index contributed by atoms with van der Waals surface area (Å²) in [6.07, 6.45) is 6.72. The molecule has 5 nitrogen and oxygen atoms in total. The minimum Gasteiger partial charge on any atom is -0.398 e. The topological polar surface area (TPSA) is 93.5 Å². The van der Waals surface area contributed by atoms with E-state index in [2.05, 4.69) is 41.5 Å². The van der Waals surface area contributed by atoms with Gasteiger partial charge in [-0.1, -0.05) is 37.6 Å². The number of piperidine rings is 1. The third-order valence-electron chi connectivity index (χ3n) is 6.63. The van der Waals surface area contributed by atoms with Crippen LogP contribution in [0.3, 0.4) is 0 Å². The predicted molar refractivity (Wildman–Crippen MR) is 114 cm³/mol. The van der Waals surface area contributed by atoms with E-state index in [0.717, 1.165) is 18.8 Å². The summed E-state index contributed by atoms with van der Waals surface area (Å²) in [5.74, 6) is -0.529. The number of hydrogen-bond donors (Lipinski definition) is 3. The Balaban J connectivity index is 1.54. The summed E-state index contributed by atoms with van der Waals surface area (Å²) in [5.41, 5.74) is 15.9. The molecule has 2 aliphatic rings. The van der Waals surface area contributed by atoms with Crippen LogP contribution in [0.15, 0.2) is 47.5 Å². The molecule has 2 aromatic rings. The van der Waals surface area contributed by atoms with E-state index in [1.54, 1.807) is 18.3 Å². The van der Waals surface area contributed by atoms with Crippen molar-refractivity contribution in [1.82, 2.24) is 5.32 Å². The fraction of sp³-hybridized carbons (Fsp3) is 0.391. The largest absolute Gasteiger partial charge is 0.398 e. The van der Waals surface area contributed by atoms with Crippen molar-refractivity contribution < 1.29 is 4.79 Å². The molecule has 1 amide bonds. The summed E-state index contributed by atoms with van der Waals surface area (Å²) in [4.78, 5) is 16.0. The number of para-hydroxylation sites is 1. The van der Waals surface area contributed by atoms with Crippen LogP contribution >= 0.6 is 0 Å². The highest BCUT2D eigenvalue weighted by Gasteiger charge is 2.67. The molecule has 0 spiro atoms. The normalized spacial score (nSPS) is 26.2. The average Bonchev–Trinajstić information content (AvgIpc) is 3.37. The van der Waals surface area contributed by atoms with Crippen LogP contribution in [0.1, 0.15) is 54.1 Å². The molecule has 2 aromatic carbocycles. The molecule has 5 heteroatoms. The number of nitrogen functional groups attached to an aromatic ring is 1. The van der Waals surface area contributed by atoms with Crippen molar-refractivity contribution in [3.8, 4) is 0 Å². The molecule has 146 valence electrons. The number of rotatable bonds is 6. The van der Waals surface area contributed by atoms with Crippen LogP contribution in [-0.4, -0.2) is 25.2 Å². The lowest BCUT2D eigenvalue weighted by atomic mass is 9.79. The van der Waals surface area contributed by atoms with E-state index in [-0.39, 0.29) is 0 Å². The zero-order valence-corrected chi connectivity index (χ0v) is 16.4. The van der Waals surface area contributed by atoms with Crippen molar-refractivity contribution in [2.75, 3.05) is 18.8 Å². The molecule has 1 aliphatic heterocycles. The van der Waals surface area contributed by atoms with Crippen LogP contribution in [0.4, 0.5) is 11.4 Å². The second-order valence-corrected chi connectivity index (χ2v) is 8.19. The van der Waals surface area contributed by atoms with Gasteiger partial charge in [0.1, 0.15) is 0 Å². The first kappa shape index (κ1) is 18.7. The molecule has 0 aromatic heterocycles. The van der Waals surface area contributed by atoms with Gasteiger partial charge in [-0.2, -0.15) is 0 Å². The number of carbonyl (C=O) groups excluding carboxylic acids is 1. The lowest BCUT2D eigenvalue weighted by molar-refractivity contribution is 0.100. The number of amides is 1. The van der Waals surface area contributed by atoms with Crippen molar-refractivity contribution >= 4 is 23.5 Å². The maximum Gasteiger partial charge on any atom is 0.250 e. The third kappa shape index (κ3) is 3.00. The van der Waals surface area contributed by atoms with E-state index < -0.39 is 5.91 Å². The lowest BCUT2D eigenvalue weighted by Crippen LogP contribution is -2.38. The first-order chi connectivity index (χ1) is 13.5. The number of carbonyl (C=O) groups is 1. The Morgan fingerprint density at radius 1 is 1.25 bits per heavy atom. The molecule has 4 rings (SSSR count). The highest BCUT2D eigenvalue weighted by atomic mass is 16.1. The summed E-state index contributed by atoms with van der Waals surface area (Å²) in [6.45, 7) is 4.51. The maximum absolute atomic E-state index is 11.4. The number of nitrogens with one attached hydrogen (secondary N) is 1. The molecule has 2 fully saturated rings. The molecule has 1 heterocycles. The van der Waals surface area contributed by atoms with Gasteiger partial charge < -0.3 is 16.8 Å². The van der Waals surface area contributed by atoms with E-state index in [1.165, 1.54) is 31.2 Å². The molecule has 5 N–H and O–H groups in total. The van der Waals surface area contributed by atoms with Crippen LogP contribution in [-0.2, 0) is 5.41 Å². The number of nitrogens with two attached hydrogens (primary N) is 2. The first-order valence-electron chi connectivity index (χ1n) is 10.0. The molecule has 0 radical (unpaired) electrons. The second kappa shape index (κ2) is 7.06. The monoisotopic (exact) mass is 376 g/mol. The average molecular weight is 377 g/mol. The SMILES string of the molecule is CCCC12CNCCC1(c1ccc(N=Cc3cccc(C(N)=O)c3N)cc1)C2. The van der Waals surface area contributed by atoms with E-state index in [9.17, 15) is 4.79 Å². The molecule has 0 bridgehead atoms. The van der Waals surface area contributed by atoms with Crippen molar-refractivity contribution in [3.63, 3.8) is 0 Å². The number of primary amides is 1. The van der Waals surface area contributed by atoms with Crippen molar-refractivity contribution in [1.29, 1.82) is 0 Å². The number of nitrogens with zero attached hydrogens (tertiary/aromatic N) is 1. The predicted octanol–water partition coefficient (Wildman–Crippen LogP) is 3.54. The van der Waals surface area contributed by atoms with Gasteiger partial charge in [0.15, 0.2) is 0 Å². The Morgan fingerprint density at radius 3 is 2.75 bits per heavy atom. The lowest BCUT2D eigenvalue weighted by Gasteiger charge is -2.31. The molecule has 1 saturated carbocycles. The van der Waals surface area contributed by atoms with Crippen molar-refractivity contribution in [2.24, 2.45) is 16.1 Å². The van der Waals surface area contributed by atoms with Crippen molar-refractivity contribution in [3.05, 3.63) is 59.2 Å². The Kier molecular flexibility index (Phi) is 4.71. The van der Waals surface area contributed by atoms with Gasteiger partial charge in [0.2, 0.25) is 0 Å². The fourth-order valence-electron chi connectivity index (χ4n) is 5.12. The smallest absolute Gasteiger partial charge is 0.250 e. The van der Waals surface area contributed by atoms with E-state index >= 15 is 0 Å². The van der Waals surface area contributed by atoms with Gasteiger partial charge in [0.25, 0.3) is 5.91 Å². The zero-order chi connectivity index (χ0) is 19.8. The Morgan fingerprint density at radius 2 is 2.04 bits per heavy atom. The van der Waals surface area contributed by atoms with Crippen LogP contribution in [0.5, 0.6) is 0 Å². The molecule has 2 unspecified atom stereocenters. The molecular formula is C23H28N4O. The van der Waals surface area contributed by atoms with Crippen LogP contribution < -0.4 is 16.8 Å². The quantitative estimate of drug-likeness (QED) is 0.532. The summed E-state index contributed by atoms with van der Waals surface area (Å²) in [6, 6.07) is 13.8. The van der Waals surface area contributed by atoms with Gasteiger partial charge in [-0.3, -0.25) is 9.79 Å². The zero-order valence-electron chi connectivity index (χ0n) is 16.4. The number of fused-ring (bicyclic) bond motifs is 1. The summed E-state index contributed by atoms with van der Waals surface area (Å²) < 4.78 is 0. The Bertz CT molecular complexity index is 917. The highest BCUT2D eigenvalue weighted by molar-refractivity contribution is 6.02. The first-order valence-corrected chi connectivity index (χ1v) is 10.0. The number of anilines is 1. The summed E-state index contributed by atoms with van der Waals surface area (Å²) >= 11 is 0. The van der Waals surface area contributed by atoms with Gasteiger partial charge in [0.05, 0.1) is 16.9 Å². The standard InChI is InChI=1S/C23H28N4O/c1-2-10-22-14-23(22,11-12-26-15-22)17-6-8-18(9-7-17)27-13-16-4-3-5-19(20(16)24)21(25)28/h3-9,13,26H,2,10-12,14-15,24H2,1H3,(H2,25,28). The molecule has 1 saturated heterocycles. The summed E-state index contributed by atoms with van der Waals surface area (Å²) in [5, 5.41) is 3.60. The second-order valence-electron chi connectivity index (χ2n) is 8.19. The molecule has 2 atom stereocenters. The third-order valence-corrected chi connectivity index (χ3v) is 6.63. The van der Waals surface area contributed by atoms with Gasteiger partial charge in [-0.05, 0) is 55.0 Å². The van der Waals surface area contributed by atoms with E-state index in [0.29, 0.717) is 27.6 Å². The fourth-order valence-corrected chi connectivity index (χ4v) is 5.12. The van der Waals surface area contributed by atoms with E-state index in [4.69, 9.17) is 11.5 Å². The maximum atomic E-state index is 11.4. The minimum atomic E-state index is -0.529. The Hall–Kier alpha value is -2.66. The van der Waals surface area contributed by atoms with Crippen molar-refractivity contribution in [2.45, 2.75) is 38.0 Å². The summed E-state index contributed by atoms with van der Waals surface area (Å²) in [7, 11) is 0. The van der Waals surface area contributed by atoms with E-state index in [1.807, 2.05) is 6.07 Å². The van der Waals surface area contributed by atoms with Crippen LogP contribution in [0.2, 0.25) is 0 Å². The highest BCUT2D eigenvalue weighted by Crippen LogP contribution is 2.69. The van der Waals surface area contributed by atoms with Gasteiger partial charge >= 0.3 is 0 Å². The number of benzene rings is 2. The van der Waals surface area contributed by atoms with Crippen LogP contribution in [0, 0.1) is 5.41 Å². The van der Waals surface area contributed by atoms with Gasteiger partial charge in [-0.15, -0.1) is 0 Å². The molecular weight excluding hydrogens is 348 g/mol. The van der Waals surface area contributed by atoms with Gasteiger partial charge in [0, 0.05) is 23.7 Å². The van der Waals surface area contributed by atoms with Crippen LogP contribution in [0.25, 0.3) is 0 Å². The van der Waals surface area contributed by atoms with Gasteiger partial charge in [-0.25, -0.2) is 0 Å². The number of hydrogen-bond acceptors (Lipinski definition) is 4.